The van der Waals surface area contributed by atoms with Crippen LogP contribution in [0.25, 0.3) is 0 Å². The standard InChI is InChI=1S/C16H28N4/c1-5-12-7-6-8-13(9-12)15-18-11(4)14(10(2)3)16(19-15)20-17/h10,12-13H,5-9,17H2,1-4H3,(H,18,19,20). The molecule has 4 heteroatoms. The van der Waals surface area contributed by atoms with Crippen molar-refractivity contribution in [3.63, 3.8) is 0 Å². The maximum absolute atomic E-state index is 5.67. The highest BCUT2D eigenvalue weighted by atomic mass is 15.3. The fraction of sp³-hybridized carbons (Fsp3) is 0.750. The quantitative estimate of drug-likeness (QED) is 0.647. The lowest BCUT2D eigenvalue weighted by atomic mass is 9.79. The van der Waals surface area contributed by atoms with Crippen molar-refractivity contribution in [2.45, 2.75) is 71.6 Å². The van der Waals surface area contributed by atoms with Crippen LogP contribution in [0.3, 0.4) is 0 Å². The highest BCUT2D eigenvalue weighted by Gasteiger charge is 2.25. The molecule has 0 spiro atoms. The Morgan fingerprint density at radius 2 is 2.05 bits per heavy atom. The lowest BCUT2D eigenvalue weighted by Crippen LogP contribution is -2.20. The van der Waals surface area contributed by atoms with Gasteiger partial charge in [0.25, 0.3) is 0 Å². The van der Waals surface area contributed by atoms with E-state index in [0.717, 1.165) is 28.8 Å². The summed E-state index contributed by atoms with van der Waals surface area (Å²) in [6.07, 6.45) is 6.35. The van der Waals surface area contributed by atoms with Gasteiger partial charge in [0, 0.05) is 17.2 Å². The predicted molar refractivity (Wildman–Crippen MR) is 83.7 cm³/mol. The molecule has 0 amide bonds. The predicted octanol–water partition coefficient (Wildman–Crippen LogP) is 3.88. The minimum absolute atomic E-state index is 0.379. The molecule has 4 nitrogen and oxygen atoms in total. The molecule has 20 heavy (non-hydrogen) atoms. The van der Waals surface area contributed by atoms with Gasteiger partial charge in [-0.1, -0.05) is 40.0 Å². The summed E-state index contributed by atoms with van der Waals surface area (Å²) in [5, 5.41) is 0. The minimum atomic E-state index is 0.379. The van der Waals surface area contributed by atoms with E-state index in [2.05, 4.69) is 33.1 Å². The molecule has 1 aromatic rings. The van der Waals surface area contributed by atoms with E-state index in [1.54, 1.807) is 0 Å². The summed E-state index contributed by atoms with van der Waals surface area (Å²) < 4.78 is 0. The summed E-state index contributed by atoms with van der Waals surface area (Å²) in [6, 6.07) is 0. The van der Waals surface area contributed by atoms with E-state index in [1.165, 1.54) is 32.1 Å². The average molecular weight is 276 g/mol. The van der Waals surface area contributed by atoms with Crippen LogP contribution in [0.4, 0.5) is 5.82 Å². The molecule has 0 aliphatic heterocycles. The molecule has 112 valence electrons. The number of nitrogen functional groups attached to an aromatic ring is 1. The lowest BCUT2D eigenvalue weighted by Gasteiger charge is -2.28. The lowest BCUT2D eigenvalue weighted by molar-refractivity contribution is 0.307. The van der Waals surface area contributed by atoms with Crippen molar-refractivity contribution in [3.05, 3.63) is 17.1 Å². The molecule has 2 atom stereocenters. The van der Waals surface area contributed by atoms with Crippen molar-refractivity contribution in [2.24, 2.45) is 11.8 Å². The number of aryl methyl sites for hydroxylation is 1. The van der Waals surface area contributed by atoms with E-state index in [9.17, 15) is 0 Å². The first kappa shape index (κ1) is 15.2. The second kappa shape index (κ2) is 6.53. The van der Waals surface area contributed by atoms with Crippen LogP contribution in [0.2, 0.25) is 0 Å². The third-order valence-corrected chi connectivity index (χ3v) is 4.59. The molecule has 0 saturated heterocycles. The smallest absolute Gasteiger partial charge is 0.147 e. The maximum Gasteiger partial charge on any atom is 0.147 e. The Morgan fingerprint density at radius 1 is 1.30 bits per heavy atom. The monoisotopic (exact) mass is 276 g/mol. The molecular weight excluding hydrogens is 248 g/mol. The Morgan fingerprint density at radius 3 is 2.65 bits per heavy atom. The molecule has 2 rings (SSSR count). The van der Waals surface area contributed by atoms with Crippen LogP contribution >= 0.6 is 0 Å². The van der Waals surface area contributed by atoms with Crippen molar-refractivity contribution in [1.82, 2.24) is 9.97 Å². The van der Waals surface area contributed by atoms with Gasteiger partial charge in [-0.3, -0.25) is 0 Å². The summed E-state index contributed by atoms with van der Waals surface area (Å²) in [6.45, 7) is 8.66. The first-order chi connectivity index (χ1) is 9.56. The fourth-order valence-electron chi connectivity index (χ4n) is 3.48. The number of anilines is 1. The van der Waals surface area contributed by atoms with Crippen LogP contribution in [0.1, 0.15) is 81.8 Å². The summed E-state index contributed by atoms with van der Waals surface area (Å²) in [5.41, 5.74) is 4.98. The Bertz CT molecular complexity index is 456. The second-order valence-electron chi connectivity index (χ2n) is 6.37. The summed E-state index contributed by atoms with van der Waals surface area (Å²) in [5.74, 6) is 9.17. The van der Waals surface area contributed by atoms with Gasteiger partial charge >= 0.3 is 0 Å². The number of nitrogens with two attached hydrogens (primary N) is 1. The molecule has 1 aliphatic carbocycles. The third kappa shape index (κ3) is 3.11. The van der Waals surface area contributed by atoms with Crippen LogP contribution < -0.4 is 11.3 Å². The highest BCUT2D eigenvalue weighted by Crippen LogP contribution is 2.37. The normalized spacial score (nSPS) is 23.1. The van der Waals surface area contributed by atoms with Crippen LogP contribution in [0.15, 0.2) is 0 Å². The Balaban J connectivity index is 2.31. The zero-order chi connectivity index (χ0) is 14.7. The summed E-state index contributed by atoms with van der Waals surface area (Å²) >= 11 is 0. The van der Waals surface area contributed by atoms with Crippen LogP contribution in [0, 0.1) is 12.8 Å². The molecule has 1 saturated carbocycles. The number of hydrogen-bond acceptors (Lipinski definition) is 4. The maximum atomic E-state index is 5.67. The van der Waals surface area contributed by atoms with Gasteiger partial charge < -0.3 is 5.43 Å². The van der Waals surface area contributed by atoms with Gasteiger partial charge in [-0.15, -0.1) is 0 Å². The molecular formula is C16H28N4. The van der Waals surface area contributed by atoms with Gasteiger partial charge in [0.05, 0.1) is 0 Å². The van der Waals surface area contributed by atoms with Gasteiger partial charge in [0.2, 0.25) is 0 Å². The number of aromatic nitrogens is 2. The molecule has 1 heterocycles. The Labute approximate surface area is 122 Å². The number of hydrogen-bond donors (Lipinski definition) is 2. The molecule has 3 N–H and O–H groups in total. The number of rotatable bonds is 4. The van der Waals surface area contributed by atoms with Crippen molar-refractivity contribution < 1.29 is 0 Å². The number of nitrogens with zero attached hydrogens (tertiary/aromatic N) is 2. The third-order valence-electron chi connectivity index (χ3n) is 4.59. The number of hydrazine groups is 1. The van der Waals surface area contributed by atoms with Crippen molar-refractivity contribution >= 4 is 5.82 Å². The van der Waals surface area contributed by atoms with E-state index in [0.29, 0.717) is 11.8 Å². The van der Waals surface area contributed by atoms with Gasteiger partial charge in [0.1, 0.15) is 11.6 Å². The topological polar surface area (TPSA) is 63.8 Å². The average Bonchev–Trinajstić information content (AvgIpc) is 2.45. The molecule has 1 aliphatic rings. The van der Waals surface area contributed by atoms with E-state index >= 15 is 0 Å². The zero-order valence-electron chi connectivity index (χ0n) is 13.2. The van der Waals surface area contributed by atoms with Crippen molar-refractivity contribution in [2.75, 3.05) is 5.43 Å². The molecule has 1 aromatic heterocycles. The zero-order valence-corrected chi connectivity index (χ0v) is 13.2. The SMILES string of the molecule is CCC1CCCC(c2nc(C)c(C(C)C)c(NN)n2)C1. The second-order valence-corrected chi connectivity index (χ2v) is 6.37. The van der Waals surface area contributed by atoms with Gasteiger partial charge in [-0.05, 0) is 31.6 Å². The van der Waals surface area contributed by atoms with Gasteiger partial charge in [-0.2, -0.15) is 0 Å². The van der Waals surface area contributed by atoms with E-state index in [4.69, 9.17) is 15.8 Å². The van der Waals surface area contributed by atoms with Crippen LogP contribution in [-0.4, -0.2) is 9.97 Å². The van der Waals surface area contributed by atoms with Crippen molar-refractivity contribution in [1.29, 1.82) is 0 Å². The van der Waals surface area contributed by atoms with Gasteiger partial charge in [-0.25, -0.2) is 15.8 Å². The van der Waals surface area contributed by atoms with Gasteiger partial charge in [0.15, 0.2) is 0 Å². The van der Waals surface area contributed by atoms with E-state index < -0.39 is 0 Å². The molecule has 0 aromatic carbocycles. The molecule has 2 unspecified atom stereocenters. The summed E-state index contributed by atoms with van der Waals surface area (Å²) in [4.78, 5) is 9.51. The first-order valence-electron chi connectivity index (χ1n) is 7.91. The largest absolute Gasteiger partial charge is 0.308 e. The fourth-order valence-corrected chi connectivity index (χ4v) is 3.48. The Hall–Kier alpha value is -1.16. The van der Waals surface area contributed by atoms with Crippen LogP contribution in [-0.2, 0) is 0 Å². The molecule has 1 fully saturated rings. The molecule has 0 bridgehead atoms. The highest BCUT2D eigenvalue weighted by molar-refractivity contribution is 5.47. The number of nitrogens with one attached hydrogen (secondary N) is 1. The first-order valence-corrected chi connectivity index (χ1v) is 7.91. The minimum Gasteiger partial charge on any atom is -0.308 e. The Kier molecular flexibility index (Phi) is 4.97. The summed E-state index contributed by atoms with van der Waals surface area (Å²) in [7, 11) is 0. The van der Waals surface area contributed by atoms with E-state index in [1.807, 2.05) is 0 Å². The van der Waals surface area contributed by atoms with E-state index in [-0.39, 0.29) is 0 Å². The van der Waals surface area contributed by atoms with Crippen LogP contribution in [0.5, 0.6) is 0 Å². The molecule has 0 radical (unpaired) electrons. The van der Waals surface area contributed by atoms with Crippen molar-refractivity contribution in [3.8, 4) is 0 Å².